The highest BCUT2D eigenvalue weighted by molar-refractivity contribution is 9.10. The van der Waals surface area contributed by atoms with Crippen molar-refractivity contribution < 1.29 is 13.9 Å². The van der Waals surface area contributed by atoms with Crippen molar-refractivity contribution in [1.29, 1.82) is 0 Å². The van der Waals surface area contributed by atoms with Gasteiger partial charge in [-0.05, 0) is 18.2 Å². The molecular weight excluding hydrogens is 262 g/mol. The van der Waals surface area contributed by atoms with Gasteiger partial charge < -0.3 is 9.15 Å². The molecule has 0 amide bonds. The average Bonchev–Trinajstić information content (AvgIpc) is 2.70. The second-order valence-corrected chi connectivity index (χ2v) is 3.64. The summed E-state index contributed by atoms with van der Waals surface area (Å²) in [5.41, 5.74) is 0.148. The molecule has 0 atom stereocenters. The predicted molar refractivity (Wildman–Crippen MR) is 55.6 cm³/mol. The maximum absolute atomic E-state index is 11.4. The van der Waals surface area contributed by atoms with Gasteiger partial charge in [0.2, 0.25) is 0 Å². The highest BCUT2D eigenvalue weighted by Crippen LogP contribution is 2.18. The van der Waals surface area contributed by atoms with Crippen LogP contribution in [0.25, 0.3) is 0 Å². The van der Waals surface area contributed by atoms with E-state index in [0.29, 0.717) is 5.75 Å². The minimum absolute atomic E-state index is 0.148. The normalized spacial score (nSPS) is 9.93. The van der Waals surface area contributed by atoms with Gasteiger partial charge in [-0.15, -0.1) is 0 Å². The van der Waals surface area contributed by atoms with Gasteiger partial charge in [0.05, 0.1) is 0 Å². The van der Waals surface area contributed by atoms with Crippen LogP contribution in [0, 0.1) is 0 Å². The molecule has 0 aliphatic heterocycles. The van der Waals surface area contributed by atoms with E-state index in [2.05, 4.69) is 25.3 Å². The fourth-order valence-corrected chi connectivity index (χ4v) is 1.38. The Morgan fingerprint density at radius 3 is 3.00 bits per heavy atom. The second kappa shape index (κ2) is 4.27. The van der Waals surface area contributed by atoms with Crippen LogP contribution in [0.15, 0.2) is 45.8 Å². The molecule has 0 saturated heterocycles. The number of aromatic nitrogens is 1. The van der Waals surface area contributed by atoms with Gasteiger partial charge in [0, 0.05) is 4.47 Å². The van der Waals surface area contributed by atoms with E-state index in [1.807, 2.05) is 6.07 Å². The number of halogens is 1. The van der Waals surface area contributed by atoms with Crippen LogP contribution in [0.2, 0.25) is 0 Å². The van der Waals surface area contributed by atoms with E-state index >= 15 is 0 Å². The smallest absolute Gasteiger partial charge is 0.365 e. The molecule has 1 aromatic heterocycles. The van der Waals surface area contributed by atoms with Crippen LogP contribution in [0.5, 0.6) is 5.75 Å². The molecule has 0 N–H and O–H groups in total. The summed E-state index contributed by atoms with van der Waals surface area (Å²) in [4.78, 5) is 15.1. The maximum atomic E-state index is 11.4. The molecule has 0 aliphatic rings. The van der Waals surface area contributed by atoms with Gasteiger partial charge in [-0.2, -0.15) is 0 Å². The van der Waals surface area contributed by atoms with Crippen LogP contribution >= 0.6 is 15.9 Å². The Labute approximate surface area is 94.0 Å². The Hall–Kier alpha value is -1.62. The topological polar surface area (TPSA) is 52.3 Å². The van der Waals surface area contributed by atoms with Gasteiger partial charge in [0.1, 0.15) is 12.0 Å². The molecule has 4 nitrogen and oxygen atoms in total. The largest absolute Gasteiger partial charge is 0.451 e. The van der Waals surface area contributed by atoms with E-state index in [1.54, 1.807) is 18.2 Å². The molecular formula is C10H6BrNO3. The Morgan fingerprint density at radius 1 is 1.47 bits per heavy atom. The van der Waals surface area contributed by atoms with E-state index in [9.17, 15) is 4.79 Å². The first-order chi connectivity index (χ1) is 7.25. The summed E-state index contributed by atoms with van der Waals surface area (Å²) in [6.07, 6.45) is 2.41. The van der Waals surface area contributed by atoms with Gasteiger partial charge in [0.25, 0.3) is 0 Å². The summed E-state index contributed by atoms with van der Waals surface area (Å²) in [6.45, 7) is 0. The molecule has 76 valence electrons. The SMILES string of the molecule is O=C(Oc1cccc(Br)c1)c1cocn1. The molecule has 15 heavy (non-hydrogen) atoms. The fourth-order valence-electron chi connectivity index (χ4n) is 1.00. The van der Waals surface area contributed by atoms with Crippen LogP contribution < -0.4 is 4.74 Å². The first kappa shape index (κ1) is 9.92. The lowest BCUT2D eigenvalue weighted by molar-refractivity contribution is 0.0728. The van der Waals surface area contributed by atoms with Crippen LogP contribution in [-0.2, 0) is 0 Å². The summed E-state index contributed by atoms with van der Waals surface area (Å²) in [6, 6.07) is 6.99. The third-order valence-electron chi connectivity index (χ3n) is 1.65. The molecule has 1 heterocycles. The van der Waals surface area contributed by atoms with Crippen LogP contribution in [0.4, 0.5) is 0 Å². The lowest BCUT2D eigenvalue weighted by Gasteiger charge is -2.01. The number of esters is 1. The molecule has 2 aromatic rings. The summed E-state index contributed by atoms with van der Waals surface area (Å²) in [7, 11) is 0. The third-order valence-corrected chi connectivity index (χ3v) is 2.14. The molecule has 5 heteroatoms. The Kier molecular flexibility index (Phi) is 2.82. The first-order valence-corrected chi connectivity index (χ1v) is 4.91. The molecule has 2 rings (SSSR count). The van der Waals surface area contributed by atoms with Gasteiger partial charge in [0.15, 0.2) is 12.1 Å². The molecule has 0 fully saturated rings. The molecule has 0 unspecified atom stereocenters. The summed E-state index contributed by atoms with van der Waals surface area (Å²) in [5.74, 6) is -0.0841. The van der Waals surface area contributed by atoms with Crippen molar-refractivity contribution in [2.24, 2.45) is 0 Å². The van der Waals surface area contributed by atoms with Crippen molar-refractivity contribution in [3.05, 3.63) is 47.1 Å². The van der Waals surface area contributed by atoms with Gasteiger partial charge in [-0.3, -0.25) is 0 Å². The zero-order valence-electron chi connectivity index (χ0n) is 7.51. The lowest BCUT2D eigenvalue weighted by Crippen LogP contribution is -2.08. The molecule has 0 saturated carbocycles. The zero-order chi connectivity index (χ0) is 10.7. The second-order valence-electron chi connectivity index (χ2n) is 2.72. The first-order valence-electron chi connectivity index (χ1n) is 4.11. The monoisotopic (exact) mass is 267 g/mol. The highest BCUT2D eigenvalue weighted by Gasteiger charge is 2.11. The summed E-state index contributed by atoms with van der Waals surface area (Å²) >= 11 is 3.28. The number of carbonyl (C=O) groups is 1. The van der Waals surface area contributed by atoms with Crippen molar-refractivity contribution in [1.82, 2.24) is 4.98 Å². The number of ether oxygens (including phenoxy) is 1. The van der Waals surface area contributed by atoms with Gasteiger partial charge in [-0.25, -0.2) is 9.78 Å². The van der Waals surface area contributed by atoms with Crippen LogP contribution in [0.1, 0.15) is 10.5 Å². The summed E-state index contributed by atoms with van der Waals surface area (Å²) < 4.78 is 10.6. The minimum atomic E-state index is -0.540. The number of oxazole rings is 1. The quantitative estimate of drug-likeness (QED) is 0.620. The molecule has 1 aromatic carbocycles. The Morgan fingerprint density at radius 2 is 2.33 bits per heavy atom. The number of rotatable bonds is 2. The van der Waals surface area contributed by atoms with E-state index in [4.69, 9.17) is 4.74 Å². The number of hydrogen-bond donors (Lipinski definition) is 0. The van der Waals surface area contributed by atoms with Crippen molar-refractivity contribution in [3.8, 4) is 5.75 Å². The fraction of sp³-hybridized carbons (Fsp3) is 0. The minimum Gasteiger partial charge on any atom is -0.451 e. The molecule has 0 spiro atoms. The number of benzene rings is 1. The maximum Gasteiger partial charge on any atom is 0.365 e. The van der Waals surface area contributed by atoms with E-state index in [-0.39, 0.29) is 5.69 Å². The van der Waals surface area contributed by atoms with E-state index in [0.717, 1.165) is 4.47 Å². The van der Waals surface area contributed by atoms with Gasteiger partial charge >= 0.3 is 5.97 Å². The highest BCUT2D eigenvalue weighted by atomic mass is 79.9. The average molecular weight is 268 g/mol. The summed E-state index contributed by atoms with van der Waals surface area (Å²) in [5, 5.41) is 0. The Bertz CT molecular complexity index is 467. The third kappa shape index (κ3) is 2.44. The number of carbonyl (C=O) groups excluding carboxylic acids is 1. The molecule has 0 radical (unpaired) electrons. The van der Waals surface area contributed by atoms with Crippen molar-refractivity contribution in [2.75, 3.05) is 0 Å². The Balaban J connectivity index is 2.13. The van der Waals surface area contributed by atoms with Crippen molar-refractivity contribution >= 4 is 21.9 Å². The number of hydrogen-bond acceptors (Lipinski definition) is 4. The lowest BCUT2D eigenvalue weighted by atomic mass is 10.3. The molecule has 0 bridgehead atoms. The van der Waals surface area contributed by atoms with Crippen LogP contribution in [0.3, 0.4) is 0 Å². The predicted octanol–water partition coefficient (Wildman–Crippen LogP) is 2.66. The standard InChI is InChI=1S/C10H6BrNO3/c11-7-2-1-3-8(4-7)15-10(13)9-5-14-6-12-9/h1-6H. The molecule has 0 aliphatic carbocycles. The van der Waals surface area contributed by atoms with Crippen molar-refractivity contribution in [2.45, 2.75) is 0 Å². The van der Waals surface area contributed by atoms with E-state index in [1.165, 1.54) is 12.7 Å². The van der Waals surface area contributed by atoms with Gasteiger partial charge in [-0.1, -0.05) is 22.0 Å². The van der Waals surface area contributed by atoms with Crippen LogP contribution in [-0.4, -0.2) is 11.0 Å². The van der Waals surface area contributed by atoms with E-state index < -0.39 is 5.97 Å². The number of nitrogens with zero attached hydrogens (tertiary/aromatic N) is 1. The zero-order valence-corrected chi connectivity index (χ0v) is 9.10. The van der Waals surface area contributed by atoms with Crippen molar-refractivity contribution in [3.63, 3.8) is 0 Å².